The minimum atomic E-state index is -0.520. The molecule has 0 bridgehead atoms. The third kappa shape index (κ3) is 5.09. The van der Waals surface area contributed by atoms with Crippen molar-refractivity contribution in [3.63, 3.8) is 0 Å². The molecule has 2 aromatic carbocycles. The molecule has 33 heavy (non-hydrogen) atoms. The maximum Gasteiger partial charge on any atom is 0.287 e. The van der Waals surface area contributed by atoms with Crippen LogP contribution >= 0.6 is 38.5 Å². The Morgan fingerprint density at radius 3 is 2.73 bits per heavy atom. The summed E-state index contributed by atoms with van der Waals surface area (Å²) in [6.45, 7) is 1.92. The van der Waals surface area contributed by atoms with E-state index in [0.717, 1.165) is 19.8 Å². The first kappa shape index (κ1) is 23.0. The summed E-state index contributed by atoms with van der Waals surface area (Å²) in [5.74, 6) is 1.34. The van der Waals surface area contributed by atoms with Gasteiger partial charge in [-0.2, -0.15) is 9.78 Å². The highest BCUT2D eigenvalue weighted by molar-refractivity contribution is 14.1. The Labute approximate surface area is 209 Å². The number of rotatable bonds is 6. The molecule has 0 N–H and O–H groups in total. The molecule has 4 aromatic rings. The van der Waals surface area contributed by atoms with Crippen LogP contribution in [0.4, 0.5) is 5.69 Å². The molecule has 0 amide bonds. The SMILES string of the molecule is CCc1nc2ccc(Br)cc2c(=O)n1N=Cc1ccc(Oc2ccc([N+](=O)[O-])cn2)c(I)c1. The fourth-order valence-corrected chi connectivity index (χ4v) is 4.01. The Bertz CT molecular complexity index is 1450. The van der Waals surface area contributed by atoms with E-state index in [1.165, 1.54) is 16.8 Å². The zero-order valence-electron chi connectivity index (χ0n) is 17.1. The van der Waals surface area contributed by atoms with Gasteiger partial charge in [-0.1, -0.05) is 22.9 Å². The van der Waals surface area contributed by atoms with Crippen molar-refractivity contribution in [3.05, 3.63) is 94.6 Å². The molecular formula is C22H15BrIN5O4. The number of fused-ring (bicyclic) bond motifs is 1. The molecule has 11 heteroatoms. The lowest BCUT2D eigenvalue weighted by Gasteiger charge is -2.09. The van der Waals surface area contributed by atoms with Crippen molar-refractivity contribution >= 4 is 61.3 Å². The Morgan fingerprint density at radius 2 is 2.06 bits per heavy atom. The Kier molecular flexibility index (Phi) is 6.79. The van der Waals surface area contributed by atoms with E-state index < -0.39 is 4.92 Å². The Balaban J connectivity index is 1.61. The van der Waals surface area contributed by atoms with E-state index in [1.807, 2.05) is 19.1 Å². The van der Waals surface area contributed by atoms with Gasteiger partial charge in [0.05, 0.1) is 25.6 Å². The van der Waals surface area contributed by atoms with Crippen molar-refractivity contribution in [2.45, 2.75) is 13.3 Å². The fourth-order valence-electron chi connectivity index (χ4n) is 3.00. The van der Waals surface area contributed by atoms with Crippen LogP contribution in [0.15, 0.2) is 69.1 Å². The molecule has 0 aliphatic rings. The molecule has 166 valence electrons. The number of nitrogens with zero attached hydrogens (tertiary/aromatic N) is 5. The van der Waals surface area contributed by atoms with Crippen LogP contribution in [0.3, 0.4) is 0 Å². The Morgan fingerprint density at radius 1 is 1.24 bits per heavy atom. The molecular weight excluding hydrogens is 605 g/mol. The van der Waals surface area contributed by atoms with Crippen LogP contribution in [0.5, 0.6) is 11.6 Å². The molecule has 2 heterocycles. The van der Waals surface area contributed by atoms with Crippen molar-refractivity contribution in [3.8, 4) is 11.6 Å². The van der Waals surface area contributed by atoms with Crippen LogP contribution in [0, 0.1) is 13.7 Å². The number of hydrogen-bond acceptors (Lipinski definition) is 7. The minimum absolute atomic E-state index is 0.110. The third-order valence-corrected chi connectivity index (χ3v) is 5.95. The van der Waals surface area contributed by atoms with Crippen LogP contribution in [-0.2, 0) is 6.42 Å². The summed E-state index contributed by atoms with van der Waals surface area (Å²) in [5, 5.41) is 15.6. The first-order valence-corrected chi connectivity index (χ1v) is 11.6. The molecule has 0 saturated heterocycles. The number of ether oxygens (including phenoxy) is 1. The van der Waals surface area contributed by atoms with E-state index in [4.69, 9.17) is 4.74 Å². The second-order valence-electron chi connectivity index (χ2n) is 6.81. The number of aryl methyl sites for hydroxylation is 1. The van der Waals surface area contributed by atoms with Gasteiger partial charge >= 0.3 is 0 Å². The molecule has 0 spiro atoms. The Hall–Kier alpha value is -3.19. The smallest absolute Gasteiger partial charge is 0.287 e. The number of halogens is 2. The van der Waals surface area contributed by atoms with Gasteiger partial charge in [0.25, 0.3) is 11.2 Å². The van der Waals surface area contributed by atoms with Crippen molar-refractivity contribution < 1.29 is 9.66 Å². The maximum atomic E-state index is 13.0. The molecule has 2 aromatic heterocycles. The second-order valence-corrected chi connectivity index (χ2v) is 8.89. The summed E-state index contributed by atoms with van der Waals surface area (Å²) in [6, 6.07) is 13.5. The van der Waals surface area contributed by atoms with Gasteiger partial charge in [0.15, 0.2) is 0 Å². The summed E-state index contributed by atoms with van der Waals surface area (Å²) in [7, 11) is 0. The van der Waals surface area contributed by atoms with Crippen molar-refractivity contribution in [1.82, 2.24) is 14.6 Å². The van der Waals surface area contributed by atoms with Gasteiger partial charge in [-0.15, -0.1) is 0 Å². The number of nitro groups is 1. The molecule has 0 aliphatic carbocycles. The van der Waals surface area contributed by atoms with E-state index in [1.54, 1.807) is 30.5 Å². The van der Waals surface area contributed by atoms with Crippen LogP contribution < -0.4 is 10.3 Å². The van der Waals surface area contributed by atoms with Gasteiger partial charge in [-0.3, -0.25) is 14.9 Å². The van der Waals surface area contributed by atoms with Gasteiger partial charge < -0.3 is 4.74 Å². The number of aromatic nitrogens is 3. The summed E-state index contributed by atoms with van der Waals surface area (Å²) >= 11 is 5.50. The summed E-state index contributed by atoms with van der Waals surface area (Å²) in [6.07, 6.45) is 3.27. The van der Waals surface area contributed by atoms with Crippen molar-refractivity contribution in [2.75, 3.05) is 0 Å². The first-order valence-electron chi connectivity index (χ1n) is 9.69. The summed E-state index contributed by atoms with van der Waals surface area (Å²) in [5.41, 5.74) is 1.03. The highest BCUT2D eigenvalue weighted by atomic mass is 127. The average molecular weight is 620 g/mol. The zero-order chi connectivity index (χ0) is 23.5. The number of pyridine rings is 1. The van der Waals surface area contributed by atoms with Gasteiger partial charge in [-0.05, 0) is 64.6 Å². The minimum Gasteiger partial charge on any atom is -0.438 e. The van der Waals surface area contributed by atoms with E-state index >= 15 is 0 Å². The van der Waals surface area contributed by atoms with Gasteiger partial charge in [-0.25, -0.2) is 9.97 Å². The van der Waals surface area contributed by atoms with Crippen LogP contribution in [0.2, 0.25) is 0 Å². The second kappa shape index (κ2) is 9.75. The van der Waals surface area contributed by atoms with Crippen LogP contribution in [0.25, 0.3) is 10.9 Å². The van der Waals surface area contributed by atoms with Gasteiger partial charge in [0, 0.05) is 23.0 Å². The molecule has 9 nitrogen and oxygen atoms in total. The van der Waals surface area contributed by atoms with E-state index in [9.17, 15) is 14.9 Å². The highest BCUT2D eigenvalue weighted by Crippen LogP contribution is 2.27. The highest BCUT2D eigenvalue weighted by Gasteiger charge is 2.11. The van der Waals surface area contributed by atoms with E-state index in [2.05, 4.69) is 53.6 Å². The fraction of sp³-hybridized carbons (Fsp3) is 0.0909. The summed E-state index contributed by atoms with van der Waals surface area (Å²) in [4.78, 5) is 31.7. The van der Waals surface area contributed by atoms with Crippen molar-refractivity contribution in [2.24, 2.45) is 5.10 Å². The lowest BCUT2D eigenvalue weighted by atomic mass is 10.2. The molecule has 0 fully saturated rings. The average Bonchev–Trinajstić information content (AvgIpc) is 2.80. The monoisotopic (exact) mass is 619 g/mol. The third-order valence-electron chi connectivity index (χ3n) is 4.62. The molecule has 4 rings (SSSR count). The topological polar surface area (TPSA) is 113 Å². The predicted octanol–water partition coefficient (Wildman–Crippen LogP) is 5.30. The van der Waals surface area contributed by atoms with Crippen molar-refractivity contribution in [1.29, 1.82) is 0 Å². The summed E-state index contributed by atoms with van der Waals surface area (Å²) < 4.78 is 8.60. The zero-order valence-corrected chi connectivity index (χ0v) is 20.8. The lowest BCUT2D eigenvalue weighted by molar-refractivity contribution is -0.385. The van der Waals surface area contributed by atoms with Gasteiger partial charge in [0.1, 0.15) is 17.8 Å². The van der Waals surface area contributed by atoms with Crippen LogP contribution in [-0.4, -0.2) is 25.8 Å². The molecule has 0 radical (unpaired) electrons. The molecule has 0 saturated carbocycles. The predicted molar refractivity (Wildman–Crippen MR) is 136 cm³/mol. The first-order chi connectivity index (χ1) is 15.9. The standard InChI is InChI=1S/C22H15BrIN5O4/c1-2-20-27-18-6-4-14(23)10-16(18)22(30)28(20)26-11-13-3-7-19(17(24)9-13)33-21-8-5-15(12-25-21)29(31)32/h3-12H,2H2,1H3. The lowest BCUT2D eigenvalue weighted by Crippen LogP contribution is -2.22. The van der Waals surface area contributed by atoms with E-state index in [-0.39, 0.29) is 17.1 Å². The quantitative estimate of drug-likeness (QED) is 0.125. The van der Waals surface area contributed by atoms with Gasteiger partial charge in [0.2, 0.25) is 5.88 Å². The van der Waals surface area contributed by atoms with E-state index in [0.29, 0.717) is 28.9 Å². The normalized spacial score (nSPS) is 11.2. The molecule has 0 unspecified atom stereocenters. The largest absolute Gasteiger partial charge is 0.438 e. The number of hydrogen-bond donors (Lipinski definition) is 0. The van der Waals surface area contributed by atoms with Crippen LogP contribution in [0.1, 0.15) is 18.3 Å². The molecule has 0 atom stereocenters. The molecule has 0 aliphatic heterocycles. The number of benzene rings is 2. The maximum absolute atomic E-state index is 13.0.